The number of methoxy groups -OCH3 is 1. The normalized spacial score (nSPS) is 12.7. The lowest BCUT2D eigenvalue weighted by Gasteiger charge is -2.15. The molecule has 92 valence electrons. The lowest BCUT2D eigenvalue weighted by Crippen LogP contribution is -2.20. The fourth-order valence-corrected chi connectivity index (χ4v) is 1.94. The molecule has 0 amide bonds. The first-order valence-electron chi connectivity index (χ1n) is 5.47. The lowest BCUT2D eigenvalue weighted by atomic mass is 10.1. The van der Waals surface area contributed by atoms with Crippen LogP contribution >= 0.6 is 0 Å². The largest absolute Gasteiger partial charge is 0.493 e. The summed E-state index contributed by atoms with van der Waals surface area (Å²) in [5.41, 5.74) is 0.948. The van der Waals surface area contributed by atoms with Gasteiger partial charge in [-0.2, -0.15) is 5.10 Å². The third-order valence-electron chi connectivity index (χ3n) is 2.78. The Morgan fingerprint density at radius 3 is 2.76 bits per heavy atom. The summed E-state index contributed by atoms with van der Waals surface area (Å²) in [6, 6.07) is 3.84. The van der Waals surface area contributed by atoms with Crippen molar-refractivity contribution in [3.05, 3.63) is 35.5 Å². The molecule has 2 rings (SSSR count). The Hall–Kier alpha value is -1.75. The Kier molecular flexibility index (Phi) is 3.19. The van der Waals surface area contributed by atoms with Gasteiger partial charge in [-0.15, -0.1) is 0 Å². The van der Waals surface area contributed by atoms with Crippen LogP contribution in [0.3, 0.4) is 0 Å². The van der Waals surface area contributed by atoms with Crippen molar-refractivity contribution in [2.24, 2.45) is 7.05 Å². The molecule has 0 aromatic carbocycles. The van der Waals surface area contributed by atoms with Crippen molar-refractivity contribution in [3.8, 4) is 5.75 Å². The highest BCUT2D eigenvalue weighted by Crippen LogP contribution is 2.29. The van der Waals surface area contributed by atoms with Crippen molar-refractivity contribution in [1.82, 2.24) is 15.1 Å². The number of nitrogens with one attached hydrogen (secondary N) is 1. The molecule has 2 aromatic heterocycles. The minimum Gasteiger partial charge on any atom is -0.493 e. The van der Waals surface area contributed by atoms with Gasteiger partial charge in [0.05, 0.1) is 13.3 Å². The third kappa shape index (κ3) is 2.06. The van der Waals surface area contributed by atoms with Gasteiger partial charge >= 0.3 is 0 Å². The van der Waals surface area contributed by atoms with Crippen molar-refractivity contribution >= 4 is 0 Å². The summed E-state index contributed by atoms with van der Waals surface area (Å²) in [5, 5.41) is 7.41. The molecule has 0 aliphatic rings. The molecule has 0 aliphatic heterocycles. The molecule has 0 fully saturated rings. The summed E-state index contributed by atoms with van der Waals surface area (Å²) in [7, 11) is 5.41. The molecule has 17 heavy (non-hydrogen) atoms. The molecule has 1 unspecified atom stereocenters. The van der Waals surface area contributed by atoms with Crippen LogP contribution in [-0.4, -0.2) is 23.9 Å². The van der Waals surface area contributed by atoms with Crippen LogP contribution in [-0.2, 0) is 7.05 Å². The van der Waals surface area contributed by atoms with Gasteiger partial charge in [-0.25, -0.2) is 0 Å². The van der Waals surface area contributed by atoms with Crippen LogP contribution < -0.4 is 10.1 Å². The molecule has 2 heterocycles. The number of rotatable bonds is 4. The summed E-state index contributed by atoms with van der Waals surface area (Å²) >= 11 is 0. The second-order valence-corrected chi connectivity index (χ2v) is 3.89. The van der Waals surface area contributed by atoms with Gasteiger partial charge in [-0.1, -0.05) is 0 Å². The number of hydrogen-bond acceptors (Lipinski definition) is 4. The van der Waals surface area contributed by atoms with Crippen LogP contribution in [0.15, 0.2) is 22.7 Å². The van der Waals surface area contributed by atoms with Crippen molar-refractivity contribution in [2.75, 3.05) is 14.2 Å². The first-order chi connectivity index (χ1) is 8.17. The zero-order valence-corrected chi connectivity index (χ0v) is 10.5. The Labute approximate surface area is 100 Å². The average Bonchev–Trinajstić information content (AvgIpc) is 2.89. The molecule has 2 aromatic rings. The Morgan fingerprint density at radius 1 is 1.47 bits per heavy atom. The molecule has 0 radical (unpaired) electrons. The summed E-state index contributed by atoms with van der Waals surface area (Å²) < 4.78 is 12.8. The van der Waals surface area contributed by atoms with Gasteiger partial charge in [0.1, 0.15) is 23.3 Å². The van der Waals surface area contributed by atoms with Gasteiger partial charge in [0.2, 0.25) is 0 Å². The molecule has 5 heteroatoms. The quantitative estimate of drug-likeness (QED) is 0.875. The van der Waals surface area contributed by atoms with Gasteiger partial charge in [-0.3, -0.25) is 4.68 Å². The lowest BCUT2D eigenvalue weighted by molar-refractivity contribution is 0.388. The van der Waals surface area contributed by atoms with E-state index >= 15 is 0 Å². The van der Waals surface area contributed by atoms with Crippen molar-refractivity contribution in [1.29, 1.82) is 0 Å². The van der Waals surface area contributed by atoms with E-state index in [2.05, 4.69) is 10.4 Å². The zero-order valence-electron chi connectivity index (χ0n) is 10.5. The maximum Gasteiger partial charge on any atom is 0.162 e. The van der Waals surface area contributed by atoms with E-state index in [0.29, 0.717) is 0 Å². The maximum absolute atomic E-state index is 5.66. The molecular weight excluding hydrogens is 218 g/mol. The fraction of sp³-hybridized carbons (Fsp3) is 0.417. The van der Waals surface area contributed by atoms with Crippen molar-refractivity contribution < 1.29 is 9.15 Å². The standard InChI is InChI=1S/C12H17N3O2/c1-8-5-6-9(17-8)11(13-2)12-10(16-4)7-14-15(12)3/h5-7,11,13H,1-4H3. The topological polar surface area (TPSA) is 52.2 Å². The van der Waals surface area contributed by atoms with Gasteiger partial charge in [-0.05, 0) is 26.1 Å². The molecular formula is C12H17N3O2. The number of nitrogens with zero attached hydrogens (tertiary/aromatic N) is 2. The maximum atomic E-state index is 5.66. The Bertz CT molecular complexity index is 502. The summed E-state index contributed by atoms with van der Waals surface area (Å²) in [5.74, 6) is 2.49. The van der Waals surface area contributed by atoms with Crippen LogP contribution in [0, 0.1) is 6.92 Å². The first kappa shape index (κ1) is 11.7. The SMILES string of the molecule is CNC(c1ccc(C)o1)c1c(OC)cnn1C. The first-order valence-corrected chi connectivity index (χ1v) is 5.47. The summed E-state index contributed by atoms with van der Waals surface area (Å²) in [6.45, 7) is 1.93. The molecule has 0 bridgehead atoms. The van der Waals surface area contributed by atoms with Gasteiger partial charge in [0.15, 0.2) is 5.75 Å². The minimum absolute atomic E-state index is 0.0638. The minimum atomic E-state index is -0.0638. The van der Waals surface area contributed by atoms with Gasteiger partial charge in [0, 0.05) is 7.05 Å². The summed E-state index contributed by atoms with van der Waals surface area (Å²) in [6.07, 6.45) is 1.70. The number of aromatic nitrogens is 2. The number of aryl methyl sites for hydroxylation is 2. The third-order valence-corrected chi connectivity index (χ3v) is 2.78. The van der Waals surface area contributed by atoms with Crippen LogP contribution in [0.1, 0.15) is 23.3 Å². The van der Waals surface area contributed by atoms with Gasteiger partial charge in [0.25, 0.3) is 0 Å². The Balaban J connectivity index is 2.44. The second kappa shape index (κ2) is 4.63. The van der Waals surface area contributed by atoms with E-state index in [4.69, 9.17) is 9.15 Å². The predicted octanol–water partition coefficient (Wildman–Crippen LogP) is 1.64. The number of ether oxygens (including phenoxy) is 1. The van der Waals surface area contributed by atoms with Crippen LogP contribution in [0.2, 0.25) is 0 Å². The average molecular weight is 235 g/mol. The number of furan rings is 1. The molecule has 0 saturated carbocycles. The summed E-state index contributed by atoms with van der Waals surface area (Å²) in [4.78, 5) is 0. The highest BCUT2D eigenvalue weighted by molar-refractivity contribution is 5.33. The molecule has 0 spiro atoms. The van der Waals surface area contributed by atoms with Crippen molar-refractivity contribution in [3.63, 3.8) is 0 Å². The molecule has 1 atom stereocenters. The zero-order chi connectivity index (χ0) is 12.4. The van der Waals surface area contributed by atoms with E-state index in [1.54, 1.807) is 18.0 Å². The van der Waals surface area contributed by atoms with Gasteiger partial charge < -0.3 is 14.5 Å². The van der Waals surface area contributed by atoms with Crippen molar-refractivity contribution in [2.45, 2.75) is 13.0 Å². The van der Waals surface area contributed by atoms with E-state index in [9.17, 15) is 0 Å². The second-order valence-electron chi connectivity index (χ2n) is 3.89. The Morgan fingerprint density at radius 2 is 2.24 bits per heavy atom. The van der Waals surface area contributed by atoms with E-state index in [1.807, 2.05) is 33.2 Å². The molecule has 0 saturated heterocycles. The van der Waals surface area contributed by atoms with E-state index in [0.717, 1.165) is 23.0 Å². The highest BCUT2D eigenvalue weighted by atomic mass is 16.5. The molecule has 0 aliphatic carbocycles. The predicted molar refractivity (Wildman–Crippen MR) is 64.1 cm³/mol. The monoisotopic (exact) mass is 235 g/mol. The van der Waals surface area contributed by atoms with Crippen LogP contribution in [0.5, 0.6) is 5.75 Å². The highest BCUT2D eigenvalue weighted by Gasteiger charge is 2.23. The molecule has 5 nitrogen and oxygen atoms in total. The number of hydrogen-bond donors (Lipinski definition) is 1. The van der Waals surface area contributed by atoms with E-state index in [-0.39, 0.29) is 6.04 Å². The smallest absolute Gasteiger partial charge is 0.162 e. The van der Waals surface area contributed by atoms with Crippen LogP contribution in [0.25, 0.3) is 0 Å². The fourth-order valence-electron chi connectivity index (χ4n) is 1.94. The van der Waals surface area contributed by atoms with E-state index in [1.165, 1.54) is 0 Å². The van der Waals surface area contributed by atoms with Crippen LogP contribution in [0.4, 0.5) is 0 Å². The van der Waals surface area contributed by atoms with E-state index < -0.39 is 0 Å². The molecule has 1 N–H and O–H groups in total.